The molecule has 10 aromatic rings. The highest BCUT2D eigenvalue weighted by Gasteiger charge is 2.50. The molecule has 0 N–H and O–H groups in total. The van der Waals surface area contributed by atoms with Gasteiger partial charge in [0.1, 0.15) is 41.8 Å². The van der Waals surface area contributed by atoms with Crippen molar-refractivity contribution in [2.75, 3.05) is 0 Å². The second-order valence-electron chi connectivity index (χ2n) is 17.8. The molecule has 0 fully saturated rings. The van der Waals surface area contributed by atoms with Crippen LogP contribution < -0.4 is 10.4 Å². The largest absolute Gasteiger partial charge is 0.206 e. The fourth-order valence-corrected chi connectivity index (χ4v) is 25.7. The molecule has 2 atom stereocenters. The molecule has 1 aliphatic heterocycles. The molecule has 15 heteroatoms. The average Bonchev–Trinajstić information content (AvgIpc) is 4.19. The number of thiophene rings is 6. The van der Waals surface area contributed by atoms with Crippen LogP contribution in [0.1, 0.15) is 79.1 Å². The van der Waals surface area contributed by atoms with Gasteiger partial charge in [-0.2, -0.15) is 17.5 Å². The summed E-state index contributed by atoms with van der Waals surface area (Å²) in [6, 6.07) is 27.2. The van der Waals surface area contributed by atoms with Gasteiger partial charge in [-0.1, -0.05) is 91.2 Å². The van der Waals surface area contributed by atoms with Crippen molar-refractivity contribution >= 4 is 132 Å². The Morgan fingerprint density at radius 2 is 0.925 bits per heavy atom. The maximum Gasteiger partial charge on any atom is 0.134 e. The van der Waals surface area contributed by atoms with Gasteiger partial charge in [-0.15, -0.1) is 68.0 Å². The second kappa shape index (κ2) is 19.3. The first kappa shape index (κ1) is 45.8. The van der Waals surface area contributed by atoms with Crippen LogP contribution >= 0.6 is 91.5 Å². The van der Waals surface area contributed by atoms with E-state index < -0.39 is 8.07 Å². The molecular formula is C52H48F2N4S8Si. The summed E-state index contributed by atoms with van der Waals surface area (Å²) in [5, 5.41) is 7.06. The molecule has 67 heavy (non-hydrogen) atoms. The number of unbranched alkanes of at least 4 members (excludes halogenated alkanes) is 2. The standard InChI is InChI=1S/C52H48F2N4S8Si/c1-5-9-13-29(7-3)27-67(28-30(8-4)14-10-6-2)43-25-41(45-33(53)23-31(47-49(45)57-65-55-47)35-17-19-39(61-35)37-15-11-21-59-37)63-51(43)52-44(67)26-42(64-52)46-34(54)24-32(48-50(46)58-66-56-48)36-18-20-40(62-36)38-16-12-22-60-38/h11-12,15-26,29-30H,5-10,13-14,27-28H2,1-4H3. The topological polar surface area (TPSA) is 51.6 Å². The Bertz CT molecular complexity index is 3110. The zero-order chi connectivity index (χ0) is 45.8. The van der Waals surface area contributed by atoms with E-state index in [-0.39, 0.29) is 11.6 Å². The van der Waals surface area contributed by atoms with Crippen LogP contribution in [0.3, 0.4) is 0 Å². The third kappa shape index (κ3) is 8.21. The third-order valence-corrected chi connectivity index (χ3v) is 27.5. The molecule has 2 aromatic carbocycles. The third-order valence-electron chi connectivity index (χ3n) is 13.8. The van der Waals surface area contributed by atoms with Crippen LogP contribution in [0.5, 0.6) is 0 Å². The normalized spacial score (nSPS) is 14.1. The summed E-state index contributed by atoms with van der Waals surface area (Å²) in [6.45, 7) is 9.32. The van der Waals surface area contributed by atoms with Crippen LogP contribution in [0.2, 0.25) is 12.1 Å². The van der Waals surface area contributed by atoms with Crippen molar-refractivity contribution < 1.29 is 8.78 Å². The highest BCUT2D eigenvalue weighted by Crippen LogP contribution is 2.52. The van der Waals surface area contributed by atoms with Crippen molar-refractivity contribution in [3.63, 3.8) is 0 Å². The van der Waals surface area contributed by atoms with Crippen LogP contribution in [0, 0.1) is 23.5 Å². The molecule has 0 saturated carbocycles. The molecule has 9 heterocycles. The maximum absolute atomic E-state index is 17.2. The van der Waals surface area contributed by atoms with E-state index in [9.17, 15) is 0 Å². The molecule has 0 amide bonds. The number of rotatable bonds is 18. The molecule has 0 radical (unpaired) electrons. The number of hydrogen-bond acceptors (Lipinski definition) is 12. The highest BCUT2D eigenvalue weighted by atomic mass is 32.1. The summed E-state index contributed by atoms with van der Waals surface area (Å²) >= 11 is 12.5. The summed E-state index contributed by atoms with van der Waals surface area (Å²) in [5.74, 6) is 0.592. The van der Waals surface area contributed by atoms with Crippen LogP contribution in [-0.2, 0) is 0 Å². The SMILES string of the molecule is CCCCC(CC)C[Si]1(CC(CC)CCCC)c2cc(-c3c(F)cc(-c4ccc(-c5cccs5)s4)c4nsnc34)sc2-c2sc(-c3c(F)cc(-c4ccc(-c5cccs5)s4)c4nsnc34)cc21. The van der Waals surface area contributed by atoms with E-state index in [0.717, 1.165) is 99.8 Å². The number of nitrogens with zero attached hydrogens (tertiary/aromatic N) is 4. The molecule has 0 bridgehead atoms. The molecule has 0 aliphatic carbocycles. The lowest BCUT2D eigenvalue weighted by Crippen LogP contribution is -2.56. The first-order chi connectivity index (χ1) is 32.8. The van der Waals surface area contributed by atoms with Gasteiger partial charge < -0.3 is 0 Å². The number of halogens is 2. The van der Waals surface area contributed by atoms with Crippen LogP contribution in [0.15, 0.2) is 83.6 Å². The fourth-order valence-electron chi connectivity index (χ4n) is 10.3. The Morgan fingerprint density at radius 3 is 1.33 bits per heavy atom. The smallest absolute Gasteiger partial charge is 0.134 e. The number of hydrogen-bond donors (Lipinski definition) is 0. The minimum absolute atomic E-state index is 0.266. The summed E-state index contributed by atoms with van der Waals surface area (Å²) in [5.41, 5.74) is 5.43. The number of aromatic nitrogens is 4. The van der Waals surface area contributed by atoms with E-state index in [0.29, 0.717) is 34.0 Å². The van der Waals surface area contributed by atoms with Gasteiger partial charge >= 0.3 is 0 Å². The van der Waals surface area contributed by atoms with Crippen LogP contribution in [0.4, 0.5) is 8.78 Å². The lowest BCUT2D eigenvalue weighted by atomic mass is 10.0. The Morgan fingerprint density at radius 1 is 0.493 bits per heavy atom. The predicted molar refractivity (Wildman–Crippen MR) is 295 cm³/mol. The molecule has 0 spiro atoms. The summed E-state index contributed by atoms with van der Waals surface area (Å²) in [7, 11) is -2.56. The molecular weight excluding hydrogens is 1000 g/mol. The number of fused-ring (bicyclic) bond motifs is 5. The van der Waals surface area contributed by atoms with Gasteiger partial charge in [0.05, 0.1) is 34.6 Å². The van der Waals surface area contributed by atoms with Crippen molar-refractivity contribution in [1.29, 1.82) is 0 Å². The van der Waals surface area contributed by atoms with Gasteiger partial charge in [-0.3, -0.25) is 0 Å². The fraction of sp³-hybridized carbons (Fsp3) is 0.308. The van der Waals surface area contributed by atoms with Crippen molar-refractivity contribution in [1.82, 2.24) is 17.5 Å². The van der Waals surface area contributed by atoms with E-state index in [1.165, 1.54) is 68.4 Å². The van der Waals surface area contributed by atoms with Crippen LogP contribution in [0.25, 0.3) is 93.1 Å². The molecule has 0 saturated heterocycles. The zero-order valence-corrected chi connectivity index (χ0v) is 45.2. The summed E-state index contributed by atoms with van der Waals surface area (Å²) in [6.07, 6.45) is 9.38. The van der Waals surface area contributed by atoms with E-state index in [1.54, 1.807) is 80.2 Å². The molecule has 11 rings (SSSR count). The van der Waals surface area contributed by atoms with Crippen molar-refractivity contribution in [3.8, 4) is 71.0 Å². The van der Waals surface area contributed by atoms with E-state index in [2.05, 4.69) is 99.1 Å². The van der Waals surface area contributed by atoms with Gasteiger partial charge in [-0.05, 0) is 106 Å². The average molecular weight is 1050 g/mol. The monoisotopic (exact) mass is 1050 g/mol. The van der Waals surface area contributed by atoms with Crippen LogP contribution in [-0.4, -0.2) is 25.6 Å². The van der Waals surface area contributed by atoms with E-state index in [1.807, 2.05) is 0 Å². The van der Waals surface area contributed by atoms with E-state index in [4.69, 9.17) is 17.5 Å². The first-order valence-electron chi connectivity index (χ1n) is 23.3. The predicted octanol–water partition coefficient (Wildman–Crippen LogP) is 18.3. The Labute approximate surface area is 423 Å². The van der Waals surface area contributed by atoms with Crippen molar-refractivity contribution in [2.24, 2.45) is 11.8 Å². The summed E-state index contributed by atoms with van der Waals surface area (Å²) < 4.78 is 53.7. The molecule has 1 aliphatic rings. The minimum atomic E-state index is -2.56. The minimum Gasteiger partial charge on any atom is -0.206 e. The molecule has 4 nitrogen and oxygen atoms in total. The first-order valence-corrected chi connectivity index (χ1v) is 32.2. The quantitative estimate of drug-likeness (QED) is 0.0804. The Balaban J connectivity index is 1.08. The van der Waals surface area contributed by atoms with Gasteiger partial charge in [0.15, 0.2) is 0 Å². The van der Waals surface area contributed by atoms with Gasteiger partial charge in [0.2, 0.25) is 0 Å². The number of benzene rings is 2. The maximum atomic E-state index is 17.2. The van der Waals surface area contributed by atoms with Crippen molar-refractivity contribution in [2.45, 2.75) is 91.1 Å². The Hall–Kier alpha value is -3.64. The molecule has 342 valence electrons. The highest BCUT2D eigenvalue weighted by molar-refractivity contribution is 7.32. The molecule has 8 aromatic heterocycles. The van der Waals surface area contributed by atoms with Gasteiger partial charge in [0.25, 0.3) is 0 Å². The van der Waals surface area contributed by atoms with E-state index >= 15 is 8.78 Å². The Kier molecular flexibility index (Phi) is 13.2. The second-order valence-corrected chi connectivity index (χ2v) is 29.1. The zero-order valence-electron chi connectivity index (χ0n) is 37.6. The summed E-state index contributed by atoms with van der Waals surface area (Å²) in [4.78, 5) is 11.0. The van der Waals surface area contributed by atoms with Crippen molar-refractivity contribution in [3.05, 3.63) is 95.2 Å². The molecule has 2 unspecified atom stereocenters. The lowest BCUT2D eigenvalue weighted by molar-refractivity contribution is 0.469. The van der Waals surface area contributed by atoms with Gasteiger partial charge in [-0.25, -0.2) is 8.78 Å². The van der Waals surface area contributed by atoms with Gasteiger partial charge in [0, 0.05) is 59.9 Å². The lowest BCUT2D eigenvalue weighted by Gasteiger charge is -2.35.